The van der Waals surface area contributed by atoms with Crippen molar-refractivity contribution in [3.05, 3.63) is 96.3 Å². The van der Waals surface area contributed by atoms with Crippen molar-refractivity contribution in [3.8, 4) is 0 Å². The summed E-state index contributed by atoms with van der Waals surface area (Å²) in [6.45, 7) is 3.23. The zero-order chi connectivity index (χ0) is 21.8. The molecule has 1 unspecified atom stereocenters. The number of rotatable bonds is 5. The average Bonchev–Trinajstić information content (AvgIpc) is 3.22. The quantitative estimate of drug-likeness (QED) is 0.487. The lowest BCUT2D eigenvalue weighted by Gasteiger charge is -2.24. The van der Waals surface area contributed by atoms with E-state index in [1.807, 2.05) is 58.4 Å². The molecule has 162 valence electrons. The number of aromatic nitrogens is 3. The van der Waals surface area contributed by atoms with Crippen LogP contribution in [0.1, 0.15) is 21.5 Å². The number of hydrogen-bond acceptors (Lipinski definition) is 4. The third-order valence-corrected chi connectivity index (χ3v) is 5.95. The Hall–Kier alpha value is -3.51. The van der Waals surface area contributed by atoms with Crippen molar-refractivity contribution < 1.29 is 9.53 Å². The van der Waals surface area contributed by atoms with E-state index in [0.717, 1.165) is 22.9 Å². The van der Waals surface area contributed by atoms with Crippen LogP contribution in [-0.4, -0.2) is 51.6 Å². The second-order valence-electron chi connectivity index (χ2n) is 8.39. The molecule has 0 spiro atoms. The second kappa shape index (κ2) is 9.32. The number of carbonyl (C=O) groups is 1. The first-order chi connectivity index (χ1) is 15.7. The minimum absolute atomic E-state index is 0.0655. The minimum Gasteiger partial charge on any atom is -0.379 e. The van der Waals surface area contributed by atoms with Crippen LogP contribution in [0.15, 0.2) is 79.6 Å². The van der Waals surface area contributed by atoms with Gasteiger partial charge in [-0.15, -0.1) is 0 Å². The minimum atomic E-state index is 0.0655. The maximum atomic E-state index is 13.3. The number of benzene rings is 2. The maximum Gasteiger partial charge on any atom is 0.253 e. The molecule has 1 saturated heterocycles. The first-order valence-electron chi connectivity index (χ1n) is 11.0. The summed E-state index contributed by atoms with van der Waals surface area (Å²) < 4.78 is 7.86. The smallest absolute Gasteiger partial charge is 0.253 e. The molecular weight excluding hydrogens is 400 g/mol. The lowest BCUT2D eigenvalue weighted by atomic mass is 9.97. The standard InChI is InChI=1S/C26H26N4O2/c31-26(24-3-1-2-21(14-24)16-29-9-8-28-19-29)30-10-11-32-18-22(17-30)12-20-4-5-23-6-7-27-15-25(23)13-20/h1-9,13-15,19,22H,10-12,16-18H2. The third-order valence-electron chi connectivity index (χ3n) is 5.95. The van der Waals surface area contributed by atoms with Crippen LogP contribution in [0, 0.1) is 5.92 Å². The Morgan fingerprint density at radius 3 is 2.91 bits per heavy atom. The molecule has 0 N–H and O–H groups in total. The van der Waals surface area contributed by atoms with E-state index < -0.39 is 0 Å². The monoisotopic (exact) mass is 426 g/mol. The first-order valence-corrected chi connectivity index (χ1v) is 11.0. The molecule has 2 aromatic carbocycles. The number of ether oxygens (including phenoxy) is 1. The zero-order valence-electron chi connectivity index (χ0n) is 17.9. The number of imidazole rings is 1. The molecule has 6 nitrogen and oxygen atoms in total. The van der Waals surface area contributed by atoms with Gasteiger partial charge in [0.15, 0.2) is 0 Å². The van der Waals surface area contributed by atoms with Crippen molar-refractivity contribution in [1.29, 1.82) is 0 Å². The maximum absolute atomic E-state index is 13.3. The molecule has 5 rings (SSSR count). The fourth-order valence-electron chi connectivity index (χ4n) is 4.36. The fraction of sp³-hybridized carbons (Fsp3) is 0.269. The van der Waals surface area contributed by atoms with Crippen LogP contribution >= 0.6 is 0 Å². The summed E-state index contributed by atoms with van der Waals surface area (Å²) in [4.78, 5) is 23.6. The molecule has 3 heterocycles. The lowest BCUT2D eigenvalue weighted by Crippen LogP contribution is -2.36. The van der Waals surface area contributed by atoms with Gasteiger partial charge in [-0.1, -0.05) is 24.3 Å². The van der Waals surface area contributed by atoms with Gasteiger partial charge in [0.25, 0.3) is 5.91 Å². The van der Waals surface area contributed by atoms with Crippen molar-refractivity contribution >= 4 is 16.7 Å². The number of nitrogens with zero attached hydrogens (tertiary/aromatic N) is 4. The molecule has 4 aromatic rings. The molecule has 0 radical (unpaired) electrons. The lowest BCUT2D eigenvalue weighted by molar-refractivity contribution is 0.0737. The van der Waals surface area contributed by atoms with E-state index in [1.54, 1.807) is 12.5 Å². The summed E-state index contributed by atoms with van der Waals surface area (Å²) >= 11 is 0. The van der Waals surface area contributed by atoms with Crippen LogP contribution in [0.2, 0.25) is 0 Å². The van der Waals surface area contributed by atoms with Crippen LogP contribution in [-0.2, 0) is 17.7 Å². The number of carbonyl (C=O) groups excluding carboxylic acids is 1. The summed E-state index contributed by atoms with van der Waals surface area (Å²) in [7, 11) is 0. The molecule has 6 heteroatoms. The molecule has 0 aliphatic carbocycles. The van der Waals surface area contributed by atoms with Gasteiger partial charge < -0.3 is 14.2 Å². The van der Waals surface area contributed by atoms with Crippen LogP contribution in [0.4, 0.5) is 0 Å². The van der Waals surface area contributed by atoms with Crippen LogP contribution in [0.5, 0.6) is 0 Å². The summed E-state index contributed by atoms with van der Waals surface area (Å²) in [6, 6.07) is 16.4. The molecule has 0 bridgehead atoms. The number of hydrogen-bond donors (Lipinski definition) is 0. The van der Waals surface area contributed by atoms with Crippen molar-refractivity contribution in [2.75, 3.05) is 26.3 Å². The Morgan fingerprint density at radius 2 is 2.00 bits per heavy atom. The van der Waals surface area contributed by atoms with Gasteiger partial charge in [-0.2, -0.15) is 0 Å². The first kappa shape index (κ1) is 20.4. The van der Waals surface area contributed by atoms with Gasteiger partial charge in [0, 0.05) is 61.3 Å². The van der Waals surface area contributed by atoms with Gasteiger partial charge in [0.2, 0.25) is 0 Å². The average molecular weight is 427 g/mol. The highest BCUT2D eigenvalue weighted by Gasteiger charge is 2.24. The van der Waals surface area contributed by atoms with Crippen LogP contribution in [0.3, 0.4) is 0 Å². The van der Waals surface area contributed by atoms with Gasteiger partial charge in [-0.25, -0.2) is 4.98 Å². The Morgan fingerprint density at radius 1 is 1.03 bits per heavy atom. The van der Waals surface area contributed by atoms with Gasteiger partial charge >= 0.3 is 0 Å². The Balaban J connectivity index is 1.29. The van der Waals surface area contributed by atoms with Gasteiger partial charge in [0.05, 0.1) is 19.5 Å². The van der Waals surface area contributed by atoms with Crippen molar-refractivity contribution in [2.45, 2.75) is 13.0 Å². The molecule has 2 aromatic heterocycles. The van der Waals surface area contributed by atoms with Crippen LogP contribution < -0.4 is 0 Å². The third kappa shape index (κ3) is 4.70. The summed E-state index contributed by atoms with van der Waals surface area (Å²) in [5.74, 6) is 0.320. The summed E-state index contributed by atoms with van der Waals surface area (Å²) in [5, 5.41) is 2.33. The number of fused-ring (bicyclic) bond motifs is 1. The van der Waals surface area contributed by atoms with E-state index in [9.17, 15) is 4.79 Å². The van der Waals surface area contributed by atoms with E-state index in [0.29, 0.717) is 32.8 Å². The molecular formula is C26H26N4O2. The van der Waals surface area contributed by atoms with Gasteiger partial charge in [-0.05, 0) is 47.2 Å². The molecule has 1 aliphatic rings. The topological polar surface area (TPSA) is 60.2 Å². The molecule has 0 saturated carbocycles. The molecule has 1 aliphatic heterocycles. The highest BCUT2D eigenvalue weighted by atomic mass is 16.5. The summed E-state index contributed by atoms with van der Waals surface area (Å²) in [5.41, 5.74) is 3.05. The Kier molecular flexibility index (Phi) is 5.94. The van der Waals surface area contributed by atoms with Crippen molar-refractivity contribution in [2.24, 2.45) is 5.92 Å². The molecule has 1 atom stereocenters. The molecule has 32 heavy (non-hydrogen) atoms. The van der Waals surface area contributed by atoms with Crippen molar-refractivity contribution in [3.63, 3.8) is 0 Å². The molecule has 1 fully saturated rings. The Labute approximate surface area is 187 Å². The fourth-order valence-corrected chi connectivity index (χ4v) is 4.36. The zero-order valence-corrected chi connectivity index (χ0v) is 17.9. The normalized spacial score (nSPS) is 16.8. The van der Waals surface area contributed by atoms with Crippen molar-refractivity contribution in [1.82, 2.24) is 19.4 Å². The van der Waals surface area contributed by atoms with E-state index in [1.165, 1.54) is 10.9 Å². The van der Waals surface area contributed by atoms with E-state index >= 15 is 0 Å². The largest absolute Gasteiger partial charge is 0.379 e. The Bertz CT molecular complexity index is 1210. The predicted octanol–water partition coefficient (Wildman–Crippen LogP) is 3.81. The number of pyridine rings is 1. The summed E-state index contributed by atoms with van der Waals surface area (Å²) in [6.07, 6.45) is 10.1. The van der Waals surface area contributed by atoms with E-state index in [-0.39, 0.29) is 11.8 Å². The highest BCUT2D eigenvalue weighted by molar-refractivity contribution is 5.94. The van der Waals surface area contributed by atoms with E-state index in [2.05, 4.69) is 28.2 Å². The van der Waals surface area contributed by atoms with Gasteiger partial charge in [0.1, 0.15) is 0 Å². The second-order valence-corrected chi connectivity index (χ2v) is 8.39. The highest BCUT2D eigenvalue weighted by Crippen LogP contribution is 2.20. The number of amides is 1. The SMILES string of the molecule is O=C(c1cccc(Cn2ccnc2)c1)N1CCOCC(Cc2ccc3ccncc3c2)C1. The van der Waals surface area contributed by atoms with E-state index in [4.69, 9.17) is 4.74 Å². The van der Waals surface area contributed by atoms with Gasteiger partial charge in [-0.3, -0.25) is 9.78 Å². The molecule has 1 amide bonds. The van der Waals surface area contributed by atoms with Crippen LogP contribution in [0.25, 0.3) is 10.8 Å². The predicted molar refractivity (Wildman–Crippen MR) is 123 cm³/mol.